The van der Waals surface area contributed by atoms with Crippen molar-refractivity contribution in [3.63, 3.8) is 0 Å². The minimum atomic E-state index is -0.752. The van der Waals surface area contributed by atoms with Crippen LogP contribution in [0.1, 0.15) is 41.5 Å². The molecule has 0 radical (unpaired) electrons. The Morgan fingerprint density at radius 2 is 2.10 bits per heavy atom. The number of fused-ring (bicyclic) bond motifs is 1. The second-order valence-electron chi connectivity index (χ2n) is 7.44. The summed E-state index contributed by atoms with van der Waals surface area (Å²) in [7, 11) is 0. The molecule has 2 atom stereocenters. The van der Waals surface area contributed by atoms with Gasteiger partial charge in [0.15, 0.2) is 17.2 Å². The molecule has 3 aromatic heterocycles. The quantitative estimate of drug-likeness (QED) is 0.683. The molecule has 4 rings (SSSR count). The third kappa shape index (κ3) is 3.62. The summed E-state index contributed by atoms with van der Waals surface area (Å²) in [5.74, 6) is 0.596. The molecule has 0 unspecified atom stereocenters. The number of rotatable bonds is 4. The zero-order chi connectivity index (χ0) is 20.5. The predicted molar refractivity (Wildman–Crippen MR) is 106 cm³/mol. The zero-order valence-electron chi connectivity index (χ0n) is 16.1. The number of aliphatic hydroxyl groups is 1. The number of nitriles is 1. The van der Waals surface area contributed by atoms with Crippen LogP contribution < -0.4 is 10.2 Å². The lowest BCUT2D eigenvalue weighted by atomic mass is 10.1. The van der Waals surface area contributed by atoms with Crippen LogP contribution >= 0.6 is 0 Å². The monoisotopic (exact) mass is 391 g/mol. The van der Waals surface area contributed by atoms with E-state index in [4.69, 9.17) is 5.26 Å². The Hall–Kier alpha value is -3.51. The lowest BCUT2D eigenvalue weighted by Gasteiger charge is -2.16. The SMILES string of the molecule is CC(C)c1ccc2c(C(=O)N[C@H]3CN(c4ccc(C#N)nn4)C[C@H]3O)ncn2c1. The Morgan fingerprint density at radius 1 is 1.28 bits per heavy atom. The van der Waals surface area contributed by atoms with E-state index in [1.165, 1.54) is 0 Å². The van der Waals surface area contributed by atoms with Gasteiger partial charge in [-0.25, -0.2) is 4.98 Å². The Kier molecular flexibility index (Phi) is 4.86. The average molecular weight is 391 g/mol. The number of β-amino-alcohol motifs (C(OH)–C–C–N with tert-alkyl or cyclic N) is 1. The van der Waals surface area contributed by atoms with Crippen molar-refractivity contribution in [1.29, 1.82) is 5.26 Å². The molecule has 0 bridgehead atoms. The van der Waals surface area contributed by atoms with E-state index in [-0.39, 0.29) is 11.6 Å². The number of amides is 1. The smallest absolute Gasteiger partial charge is 0.272 e. The third-order valence-electron chi connectivity index (χ3n) is 5.13. The summed E-state index contributed by atoms with van der Waals surface area (Å²) < 4.78 is 1.84. The first-order chi connectivity index (χ1) is 14.0. The van der Waals surface area contributed by atoms with E-state index in [1.807, 2.05) is 33.7 Å². The number of nitrogens with zero attached hydrogens (tertiary/aromatic N) is 6. The minimum Gasteiger partial charge on any atom is -0.389 e. The topological polar surface area (TPSA) is 119 Å². The Balaban J connectivity index is 1.48. The molecule has 0 aliphatic carbocycles. The molecular weight excluding hydrogens is 370 g/mol. The fraction of sp³-hybridized carbons (Fsp3) is 0.350. The van der Waals surface area contributed by atoms with Crippen LogP contribution in [0.4, 0.5) is 5.82 Å². The number of aromatic nitrogens is 4. The number of carbonyl (C=O) groups excluding carboxylic acids is 1. The predicted octanol–water partition coefficient (Wildman–Crippen LogP) is 1.10. The number of anilines is 1. The van der Waals surface area contributed by atoms with Gasteiger partial charge in [0.1, 0.15) is 12.4 Å². The molecule has 1 saturated heterocycles. The Bertz CT molecular complexity index is 1080. The van der Waals surface area contributed by atoms with Gasteiger partial charge in [-0.05, 0) is 29.7 Å². The van der Waals surface area contributed by atoms with Gasteiger partial charge in [-0.15, -0.1) is 10.2 Å². The van der Waals surface area contributed by atoms with Crippen molar-refractivity contribution >= 4 is 17.2 Å². The van der Waals surface area contributed by atoms with E-state index in [0.717, 1.165) is 5.56 Å². The van der Waals surface area contributed by atoms with E-state index >= 15 is 0 Å². The number of aliphatic hydroxyl groups excluding tert-OH is 1. The summed E-state index contributed by atoms with van der Waals surface area (Å²) in [4.78, 5) is 18.9. The van der Waals surface area contributed by atoms with Crippen molar-refractivity contribution in [2.24, 2.45) is 0 Å². The molecule has 9 heteroatoms. The largest absolute Gasteiger partial charge is 0.389 e. The molecule has 0 spiro atoms. The van der Waals surface area contributed by atoms with Crippen LogP contribution in [0.15, 0.2) is 36.8 Å². The third-order valence-corrected chi connectivity index (χ3v) is 5.13. The van der Waals surface area contributed by atoms with Gasteiger partial charge in [0.2, 0.25) is 0 Å². The van der Waals surface area contributed by atoms with Crippen LogP contribution in [0.25, 0.3) is 5.52 Å². The molecule has 2 N–H and O–H groups in total. The maximum Gasteiger partial charge on any atom is 0.272 e. The number of imidazole rings is 1. The van der Waals surface area contributed by atoms with Crippen molar-refractivity contribution < 1.29 is 9.90 Å². The van der Waals surface area contributed by atoms with Gasteiger partial charge in [-0.1, -0.05) is 19.9 Å². The molecule has 9 nitrogen and oxygen atoms in total. The molecule has 1 aliphatic rings. The first-order valence-corrected chi connectivity index (χ1v) is 9.40. The van der Waals surface area contributed by atoms with Crippen molar-refractivity contribution in [3.05, 3.63) is 53.7 Å². The summed E-state index contributed by atoms with van der Waals surface area (Å²) >= 11 is 0. The fourth-order valence-electron chi connectivity index (χ4n) is 3.44. The second-order valence-corrected chi connectivity index (χ2v) is 7.44. The molecule has 148 valence electrons. The van der Waals surface area contributed by atoms with Gasteiger partial charge < -0.3 is 19.7 Å². The molecule has 1 fully saturated rings. The molecule has 4 heterocycles. The second kappa shape index (κ2) is 7.48. The highest BCUT2D eigenvalue weighted by Crippen LogP contribution is 2.20. The van der Waals surface area contributed by atoms with Crippen molar-refractivity contribution in [2.45, 2.75) is 31.9 Å². The van der Waals surface area contributed by atoms with Crippen molar-refractivity contribution in [3.8, 4) is 6.07 Å². The van der Waals surface area contributed by atoms with E-state index < -0.39 is 12.1 Å². The molecule has 1 aliphatic heterocycles. The lowest BCUT2D eigenvalue weighted by molar-refractivity contribution is 0.0886. The van der Waals surface area contributed by atoms with Gasteiger partial charge in [0.25, 0.3) is 5.91 Å². The minimum absolute atomic E-state index is 0.227. The highest BCUT2D eigenvalue weighted by molar-refractivity contribution is 5.99. The van der Waals surface area contributed by atoms with Crippen LogP contribution in [0.2, 0.25) is 0 Å². The van der Waals surface area contributed by atoms with Crippen molar-refractivity contribution in [2.75, 3.05) is 18.0 Å². The number of nitrogens with one attached hydrogen (secondary N) is 1. The van der Waals surface area contributed by atoms with E-state index in [9.17, 15) is 9.90 Å². The number of hydrogen-bond donors (Lipinski definition) is 2. The molecule has 0 saturated carbocycles. The molecule has 1 amide bonds. The molecule has 0 aromatic carbocycles. The van der Waals surface area contributed by atoms with Gasteiger partial charge in [0.05, 0.1) is 17.7 Å². The van der Waals surface area contributed by atoms with Gasteiger partial charge in [-0.2, -0.15) is 5.26 Å². The Labute approximate surface area is 167 Å². The highest BCUT2D eigenvalue weighted by atomic mass is 16.3. The molecule has 29 heavy (non-hydrogen) atoms. The summed E-state index contributed by atoms with van der Waals surface area (Å²) in [6, 6.07) is 8.59. The van der Waals surface area contributed by atoms with Crippen LogP contribution in [0, 0.1) is 11.3 Å². The number of hydrogen-bond acceptors (Lipinski definition) is 7. The van der Waals surface area contributed by atoms with E-state index in [2.05, 4.69) is 34.3 Å². The standard InChI is InChI=1S/C20H21N7O2/c1-12(2)13-3-5-16-19(22-11-27(16)8-13)20(29)23-15-9-26(10-17(15)28)18-6-4-14(7-21)24-25-18/h3-6,8,11-12,15,17,28H,9-10H2,1-2H3,(H,23,29)/t15-,17+/m0/s1. The normalized spacial score (nSPS) is 18.9. The zero-order valence-corrected chi connectivity index (χ0v) is 16.1. The Morgan fingerprint density at radius 3 is 2.79 bits per heavy atom. The van der Waals surface area contributed by atoms with Crippen LogP contribution in [0.5, 0.6) is 0 Å². The van der Waals surface area contributed by atoms with Gasteiger partial charge >= 0.3 is 0 Å². The van der Waals surface area contributed by atoms with Crippen LogP contribution in [0.3, 0.4) is 0 Å². The highest BCUT2D eigenvalue weighted by Gasteiger charge is 2.34. The maximum absolute atomic E-state index is 12.8. The summed E-state index contributed by atoms with van der Waals surface area (Å²) in [5, 5.41) is 29.9. The van der Waals surface area contributed by atoms with Crippen LogP contribution in [-0.2, 0) is 0 Å². The summed E-state index contributed by atoms with van der Waals surface area (Å²) in [6.07, 6.45) is 2.84. The average Bonchev–Trinajstić information content (AvgIpc) is 3.31. The van der Waals surface area contributed by atoms with Crippen LogP contribution in [-0.4, -0.2) is 55.8 Å². The number of carbonyl (C=O) groups is 1. The summed E-state index contributed by atoms with van der Waals surface area (Å²) in [5.41, 5.74) is 2.43. The van der Waals surface area contributed by atoms with E-state index in [1.54, 1.807) is 18.5 Å². The fourth-order valence-corrected chi connectivity index (χ4v) is 3.44. The molecular formula is C20H21N7O2. The van der Waals surface area contributed by atoms with Crippen molar-refractivity contribution in [1.82, 2.24) is 24.9 Å². The first kappa shape index (κ1) is 18.8. The van der Waals surface area contributed by atoms with Gasteiger partial charge in [0, 0.05) is 19.3 Å². The summed E-state index contributed by atoms with van der Waals surface area (Å²) in [6.45, 7) is 4.92. The molecule has 3 aromatic rings. The lowest BCUT2D eigenvalue weighted by Crippen LogP contribution is -2.43. The van der Waals surface area contributed by atoms with E-state index in [0.29, 0.717) is 36.0 Å². The van der Waals surface area contributed by atoms with Gasteiger partial charge in [-0.3, -0.25) is 4.79 Å². The first-order valence-electron chi connectivity index (χ1n) is 9.40. The number of pyridine rings is 1. The maximum atomic E-state index is 12.8.